The second-order valence-electron chi connectivity index (χ2n) is 5.46. The zero-order valence-electron chi connectivity index (χ0n) is 11.7. The van der Waals surface area contributed by atoms with Crippen LogP contribution < -0.4 is 4.74 Å². The number of nitrogens with zero attached hydrogens (tertiary/aromatic N) is 2. The van der Waals surface area contributed by atoms with E-state index in [4.69, 9.17) is 4.74 Å². The average molecular weight is 272 g/mol. The maximum Gasteiger partial charge on any atom is 0.331 e. The lowest BCUT2D eigenvalue weighted by molar-refractivity contribution is -0.386. The first-order chi connectivity index (χ1) is 9.38. The van der Waals surface area contributed by atoms with E-state index < -0.39 is 4.92 Å². The molecule has 0 fully saturated rings. The van der Waals surface area contributed by atoms with Crippen molar-refractivity contribution in [1.82, 2.24) is 4.98 Å². The summed E-state index contributed by atoms with van der Waals surface area (Å²) in [6.07, 6.45) is 1.46. The number of pyridine rings is 1. The molecule has 0 aliphatic rings. The minimum Gasteiger partial charge on any atom is -0.434 e. The highest BCUT2D eigenvalue weighted by atomic mass is 16.6. The number of hydrogen-bond acceptors (Lipinski definition) is 4. The number of ether oxygens (including phenoxy) is 1. The molecule has 5 heteroatoms. The molecule has 0 aliphatic heterocycles. The van der Waals surface area contributed by atoms with E-state index >= 15 is 0 Å². The van der Waals surface area contributed by atoms with Crippen LogP contribution in [0.1, 0.15) is 26.3 Å². The summed E-state index contributed by atoms with van der Waals surface area (Å²) in [5.41, 5.74) is 1.07. The van der Waals surface area contributed by atoms with Crippen molar-refractivity contribution in [2.24, 2.45) is 0 Å². The summed E-state index contributed by atoms with van der Waals surface area (Å²) in [6, 6.07) is 10.4. The minimum absolute atomic E-state index is 0.000934. The summed E-state index contributed by atoms with van der Waals surface area (Å²) in [4.78, 5) is 14.3. The smallest absolute Gasteiger partial charge is 0.331 e. The Balaban J connectivity index is 2.25. The van der Waals surface area contributed by atoms with Gasteiger partial charge in [0.05, 0.1) is 4.92 Å². The maximum absolute atomic E-state index is 10.9. The van der Waals surface area contributed by atoms with Crippen molar-refractivity contribution in [2.45, 2.75) is 26.2 Å². The van der Waals surface area contributed by atoms with E-state index in [1.54, 1.807) is 12.1 Å². The van der Waals surface area contributed by atoms with Gasteiger partial charge in [0.15, 0.2) is 0 Å². The van der Waals surface area contributed by atoms with Crippen LogP contribution in [-0.4, -0.2) is 9.91 Å². The number of aromatic nitrogens is 1. The van der Waals surface area contributed by atoms with Gasteiger partial charge in [-0.05, 0) is 29.2 Å². The lowest BCUT2D eigenvalue weighted by Gasteiger charge is -2.19. The third-order valence-electron chi connectivity index (χ3n) is 2.88. The Hall–Kier alpha value is -2.43. The molecule has 1 heterocycles. The predicted molar refractivity (Wildman–Crippen MR) is 76.1 cm³/mol. The number of nitro groups is 1. The van der Waals surface area contributed by atoms with Gasteiger partial charge in [-0.15, -0.1) is 0 Å². The topological polar surface area (TPSA) is 65.3 Å². The molecule has 0 N–H and O–H groups in total. The molecular weight excluding hydrogens is 256 g/mol. The molecule has 0 saturated heterocycles. The van der Waals surface area contributed by atoms with Crippen molar-refractivity contribution in [1.29, 1.82) is 0 Å². The summed E-state index contributed by atoms with van der Waals surface area (Å²) in [6.45, 7) is 6.35. The lowest BCUT2D eigenvalue weighted by Crippen LogP contribution is -2.10. The van der Waals surface area contributed by atoms with E-state index in [9.17, 15) is 10.1 Å². The zero-order valence-corrected chi connectivity index (χ0v) is 11.7. The Morgan fingerprint density at radius 3 is 2.35 bits per heavy atom. The van der Waals surface area contributed by atoms with Crippen molar-refractivity contribution in [3.8, 4) is 11.6 Å². The van der Waals surface area contributed by atoms with Gasteiger partial charge >= 0.3 is 5.69 Å². The summed E-state index contributed by atoms with van der Waals surface area (Å²) < 4.78 is 5.49. The fourth-order valence-corrected chi connectivity index (χ4v) is 1.73. The Kier molecular flexibility index (Phi) is 3.70. The average Bonchev–Trinajstić information content (AvgIpc) is 2.38. The predicted octanol–water partition coefficient (Wildman–Crippen LogP) is 4.08. The van der Waals surface area contributed by atoms with Crippen molar-refractivity contribution >= 4 is 5.69 Å². The van der Waals surface area contributed by atoms with Crippen LogP contribution in [0.5, 0.6) is 11.6 Å². The van der Waals surface area contributed by atoms with E-state index in [0.717, 1.165) is 0 Å². The van der Waals surface area contributed by atoms with E-state index in [1.165, 1.54) is 23.9 Å². The third kappa shape index (κ3) is 3.12. The van der Waals surface area contributed by atoms with Gasteiger partial charge in [0.2, 0.25) is 0 Å². The van der Waals surface area contributed by atoms with Gasteiger partial charge < -0.3 is 4.74 Å². The highest BCUT2D eigenvalue weighted by Crippen LogP contribution is 2.30. The molecule has 0 bridgehead atoms. The van der Waals surface area contributed by atoms with Gasteiger partial charge in [-0.1, -0.05) is 32.9 Å². The van der Waals surface area contributed by atoms with Crippen LogP contribution in [0.15, 0.2) is 42.6 Å². The molecule has 1 aromatic heterocycles. The molecule has 0 amide bonds. The molecule has 104 valence electrons. The second kappa shape index (κ2) is 5.28. The summed E-state index contributed by atoms with van der Waals surface area (Å²) in [5, 5.41) is 10.9. The van der Waals surface area contributed by atoms with Gasteiger partial charge in [-0.2, -0.15) is 0 Å². The molecule has 2 aromatic rings. The fourth-order valence-electron chi connectivity index (χ4n) is 1.73. The standard InChI is InChI=1S/C15H16N2O3/c1-15(2,3)11-6-8-12(9-7-11)20-14-13(17(18)19)5-4-10-16-14/h4-10H,1-3H3. The molecule has 0 radical (unpaired) electrons. The van der Waals surface area contributed by atoms with Crippen molar-refractivity contribution in [2.75, 3.05) is 0 Å². The Morgan fingerprint density at radius 2 is 1.80 bits per heavy atom. The summed E-state index contributed by atoms with van der Waals surface area (Å²) >= 11 is 0. The van der Waals surface area contributed by atoms with Crippen LogP contribution in [0.4, 0.5) is 5.69 Å². The molecule has 0 saturated carbocycles. The van der Waals surface area contributed by atoms with Crippen LogP contribution in [0, 0.1) is 10.1 Å². The van der Waals surface area contributed by atoms with Crippen LogP contribution in [0.3, 0.4) is 0 Å². The first-order valence-corrected chi connectivity index (χ1v) is 6.26. The van der Waals surface area contributed by atoms with Crippen LogP contribution >= 0.6 is 0 Å². The highest BCUT2D eigenvalue weighted by molar-refractivity contribution is 5.43. The summed E-state index contributed by atoms with van der Waals surface area (Å²) in [5.74, 6) is 0.529. The van der Waals surface area contributed by atoms with Crippen molar-refractivity contribution in [3.63, 3.8) is 0 Å². The zero-order chi connectivity index (χ0) is 14.8. The molecule has 0 spiro atoms. The van der Waals surface area contributed by atoms with Gasteiger partial charge in [0.25, 0.3) is 5.88 Å². The molecule has 0 unspecified atom stereocenters. The fraction of sp³-hybridized carbons (Fsp3) is 0.267. The highest BCUT2D eigenvalue weighted by Gasteiger charge is 2.17. The first kappa shape index (κ1) is 14.0. The molecule has 5 nitrogen and oxygen atoms in total. The molecular formula is C15H16N2O3. The lowest BCUT2D eigenvalue weighted by atomic mass is 9.87. The maximum atomic E-state index is 10.9. The Labute approximate surface area is 117 Å². The van der Waals surface area contributed by atoms with Crippen LogP contribution in [-0.2, 0) is 5.41 Å². The number of benzene rings is 1. The van der Waals surface area contributed by atoms with Gasteiger partial charge in [0.1, 0.15) is 5.75 Å². The third-order valence-corrected chi connectivity index (χ3v) is 2.88. The quantitative estimate of drug-likeness (QED) is 0.623. The normalized spacial score (nSPS) is 11.2. The molecule has 0 atom stereocenters. The van der Waals surface area contributed by atoms with Gasteiger partial charge in [-0.25, -0.2) is 4.98 Å². The number of hydrogen-bond donors (Lipinski definition) is 0. The second-order valence-corrected chi connectivity index (χ2v) is 5.46. The monoisotopic (exact) mass is 272 g/mol. The van der Waals surface area contributed by atoms with Crippen LogP contribution in [0.2, 0.25) is 0 Å². The van der Waals surface area contributed by atoms with Crippen LogP contribution in [0.25, 0.3) is 0 Å². The molecule has 20 heavy (non-hydrogen) atoms. The van der Waals surface area contributed by atoms with Gasteiger partial charge in [0, 0.05) is 12.3 Å². The first-order valence-electron chi connectivity index (χ1n) is 6.26. The Bertz CT molecular complexity index is 616. The number of rotatable bonds is 3. The minimum atomic E-state index is -0.508. The summed E-state index contributed by atoms with van der Waals surface area (Å²) in [7, 11) is 0. The molecule has 0 aliphatic carbocycles. The van der Waals surface area contributed by atoms with Crippen molar-refractivity contribution < 1.29 is 9.66 Å². The molecule has 1 aromatic carbocycles. The van der Waals surface area contributed by atoms with Crippen molar-refractivity contribution in [3.05, 3.63) is 58.3 Å². The Morgan fingerprint density at radius 1 is 1.15 bits per heavy atom. The van der Waals surface area contributed by atoms with Gasteiger partial charge in [-0.3, -0.25) is 10.1 Å². The van der Waals surface area contributed by atoms with E-state index in [0.29, 0.717) is 5.75 Å². The SMILES string of the molecule is CC(C)(C)c1ccc(Oc2ncccc2[N+](=O)[O-])cc1. The van der Waals surface area contributed by atoms with E-state index in [-0.39, 0.29) is 17.0 Å². The molecule has 2 rings (SSSR count). The largest absolute Gasteiger partial charge is 0.434 e. The van der Waals surface area contributed by atoms with E-state index in [2.05, 4.69) is 25.8 Å². The van der Waals surface area contributed by atoms with E-state index in [1.807, 2.05) is 12.1 Å².